The maximum Gasteiger partial charge on any atom is 0.228 e. The third kappa shape index (κ3) is 3.54. The number of nitrogens with one attached hydrogen (secondary N) is 1. The standard InChI is InChI=1S/C16H21NO4/c1-10-7-8-14(21-2)13(9-10)17-15(18)11-5-3-4-6-12(11)16(19)20/h7-9,11-12H,3-6H2,1-2H3,(H,17,18)(H,19,20)/p-1/t11-,12-/m0/s1. The minimum Gasteiger partial charge on any atom is -0.550 e. The molecular formula is C16H20NO4-. The number of carbonyl (C=O) groups excluding carboxylic acids is 2. The van der Waals surface area contributed by atoms with E-state index in [1.54, 1.807) is 6.07 Å². The molecule has 0 bridgehead atoms. The summed E-state index contributed by atoms with van der Waals surface area (Å²) in [5.74, 6) is -2.07. The second-order valence-electron chi connectivity index (χ2n) is 5.51. The molecule has 1 amide bonds. The van der Waals surface area contributed by atoms with Crippen molar-refractivity contribution in [3.8, 4) is 5.75 Å². The molecule has 0 aliphatic heterocycles. The first-order valence-electron chi connectivity index (χ1n) is 7.19. The number of benzene rings is 1. The molecule has 1 fully saturated rings. The number of aryl methyl sites for hydroxylation is 1. The molecular weight excluding hydrogens is 270 g/mol. The second-order valence-corrected chi connectivity index (χ2v) is 5.51. The number of ether oxygens (including phenoxy) is 1. The highest BCUT2D eigenvalue weighted by molar-refractivity contribution is 5.96. The molecule has 1 aromatic rings. The normalized spacial score (nSPS) is 21.6. The summed E-state index contributed by atoms with van der Waals surface area (Å²) in [7, 11) is 1.53. The van der Waals surface area contributed by atoms with E-state index in [9.17, 15) is 14.7 Å². The Morgan fingerprint density at radius 3 is 2.52 bits per heavy atom. The maximum absolute atomic E-state index is 12.4. The Hall–Kier alpha value is -2.04. The predicted octanol–water partition coefficient (Wildman–Crippen LogP) is 1.50. The Morgan fingerprint density at radius 2 is 1.90 bits per heavy atom. The Labute approximate surface area is 124 Å². The zero-order valence-corrected chi connectivity index (χ0v) is 12.3. The summed E-state index contributed by atoms with van der Waals surface area (Å²) in [5.41, 5.74) is 1.57. The predicted molar refractivity (Wildman–Crippen MR) is 76.8 cm³/mol. The summed E-state index contributed by atoms with van der Waals surface area (Å²) >= 11 is 0. The molecule has 1 saturated carbocycles. The van der Waals surface area contributed by atoms with Crippen LogP contribution in [0.5, 0.6) is 5.75 Å². The zero-order valence-electron chi connectivity index (χ0n) is 12.3. The van der Waals surface area contributed by atoms with Crippen LogP contribution in [0, 0.1) is 18.8 Å². The van der Waals surface area contributed by atoms with Crippen LogP contribution in [0.25, 0.3) is 0 Å². The van der Waals surface area contributed by atoms with E-state index in [2.05, 4.69) is 5.32 Å². The van der Waals surface area contributed by atoms with Gasteiger partial charge in [0.1, 0.15) is 5.75 Å². The van der Waals surface area contributed by atoms with Crippen LogP contribution >= 0.6 is 0 Å². The lowest BCUT2D eigenvalue weighted by Gasteiger charge is -2.31. The molecule has 5 heteroatoms. The molecule has 1 N–H and O–H groups in total. The number of carboxylic acids is 1. The molecule has 0 unspecified atom stereocenters. The van der Waals surface area contributed by atoms with Crippen LogP contribution in [0.4, 0.5) is 5.69 Å². The van der Waals surface area contributed by atoms with E-state index in [4.69, 9.17) is 4.74 Å². The molecule has 0 radical (unpaired) electrons. The molecule has 21 heavy (non-hydrogen) atoms. The zero-order chi connectivity index (χ0) is 15.4. The van der Waals surface area contributed by atoms with Crippen molar-refractivity contribution in [1.29, 1.82) is 0 Å². The fraction of sp³-hybridized carbons (Fsp3) is 0.500. The van der Waals surface area contributed by atoms with Crippen LogP contribution in [0.2, 0.25) is 0 Å². The highest BCUT2D eigenvalue weighted by Crippen LogP contribution is 2.32. The fourth-order valence-corrected chi connectivity index (χ4v) is 2.87. The quantitative estimate of drug-likeness (QED) is 0.911. The van der Waals surface area contributed by atoms with E-state index < -0.39 is 17.8 Å². The first kappa shape index (κ1) is 15.4. The Balaban J connectivity index is 2.16. The van der Waals surface area contributed by atoms with Gasteiger partial charge in [-0.25, -0.2) is 0 Å². The number of rotatable bonds is 4. The van der Waals surface area contributed by atoms with Crippen LogP contribution in [-0.2, 0) is 9.59 Å². The first-order chi connectivity index (χ1) is 10.0. The lowest BCUT2D eigenvalue weighted by molar-refractivity contribution is -0.313. The summed E-state index contributed by atoms with van der Waals surface area (Å²) < 4.78 is 5.22. The number of carboxylic acid groups (broad SMARTS) is 1. The molecule has 0 heterocycles. The Bertz CT molecular complexity index is 541. The van der Waals surface area contributed by atoms with E-state index in [1.807, 2.05) is 19.1 Å². The molecule has 2 rings (SSSR count). The smallest absolute Gasteiger partial charge is 0.228 e. The van der Waals surface area contributed by atoms with Crippen molar-refractivity contribution in [3.63, 3.8) is 0 Å². The Morgan fingerprint density at radius 1 is 1.24 bits per heavy atom. The lowest BCUT2D eigenvalue weighted by Crippen LogP contribution is -2.42. The van der Waals surface area contributed by atoms with Crippen molar-refractivity contribution in [1.82, 2.24) is 0 Å². The summed E-state index contributed by atoms with van der Waals surface area (Å²) in [6, 6.07) is 5.48. The minimum absolute atomic E-state index is 0.271. The fourth-order valence-electron chi connectivity index (χ4n) is 2.87. The molecule has 1 aliphatic carbocycles. The van der Waals surface area contributed by atoms with Crippen molar-refractivity contribution < 1.29 is 19.4 Å². The third-order valence-electron chi connectivity index (χ3n) is 4.02. The van der Waals surface area contributed by atoms with Gasteiger partial charge in [0.25, 0.3) is 0 Å². The van der Waals surface area contributed by atoms with E-state index in [0.29, 0.717) is 24.3 Å². The van der Waals surface area contributed by atoms with Crippen LogP contribution in [0.3, 0.4) is 0 Å². The van der Waals surface area contributed by atoms with Gasteiger partial charge in [-0.15, -0.1) is 0 Å². The van der Waals surface area contributed by atoms with Gasteiger partial charge in [0.2, 0.25) is 5.91 Å². The van der Waals surface area contributed by atoms with Crippen molar-refractivity contribution in [2.45, 2.75) is 32.6 Å². The van der Waals surface area contributed by atoms with E-state index in [-0.39, 0.29) is 5.91 Å². The van der Waals surface area contributed by atoms with Crippen LogP contribution < -0.4 is 15.2 Å². The molecule has 1 aliphatic rings. The van der Waals surface area contributed by atoms with Crippen molar-refractivity contribution >= 4 is 17.6 Å². The average Bonchev–Trinajstić information content (AvgIpc) is 2.47. The number of hydrogen-bond acceptors (Lipinski definition) is 4. The summed E-state index contributed by atoms with van der Waals surface area (Å²) in [6.45, 7) is 1.92. The van der Waals surface area contributed by atoms with Gasteiger partial charge in [-0.3, -0.25) is 4.79 Å². The molecule has 0 spiro atoms. The SMILES string of the molecule is COc1ccc(C)cc1NC(=O)[C@H]1CCCC[C@@H]1C(=O)[O-]. The summed E-state index contributed by atoms with van der Waals surface area (Å²) in [4.78, 5) is 23.6. The van der Waals surface area contributed by atoms with Crippen molar-refractivity contribution in [2.75, 3.05) is 12.4 Å². The van der Waals surface area contributed by atoms with Gasteiger partial charge in [0.15, 0.2) is 0 Å². The average molecular weight is 290 g/mol. The molecule has 2 atom stereocenters. The number of aliphatic carboxylic acids is 1. The highest BCUT2D eigenvalue weighted by Gasteiger charge is 2.32. The molecule has 0 aromatic heterocycles. The van der Waals surface area contributed by atoms with E-state index in [1.165, 1.54) is 7.11 Å². The molecule has 1 aromatic carbocycles. The monoisotopic (exact) mass is 290 g/mol. The number of anilines is 1. The minimum atomic E-state index is -1.13. The van der Waals surface area contributed by atoms with Crippen LogP contribution in [0.15, 0.2) is 18.2 Å². The van der Waals surface area contributed by atoms with Gasteiger partial charge in [0, 0.05) is 17.8 Å². The molecule has 5 nitrogen and oxygen atoms in total. The molecule has 114 valence electrons. The van der Waals surface area contributed by atoms with Gasteiger partial charge < -0.3 is 20.0 Å². The lowest BCUT2D eigenvalue weighted by atomic mass is 9.78. The maximum atomic E-state index is 12.4. The molecule has 0 saturated heterocycles. The highest BCUT2D eigenvalue weighted by atomic mass is 16.5. The number of methoxy groups -OCH3 is 1. The van der Waals surface area contributed by atoms with Crippen LogP contribution in [0.1, 0.15) is 31.2 Å². The van der Waals surface area contributed by atoms with Gasteiger partial charge in [0.05, 0.1) is 12.8 Å². The first-order valence-corrected chi connectivity index (χ1v) is 7.19. The van der Waals surface area contributed by atoms with E-state index >= 15 is 0 Å². The largest absolute Gasteiger partial charge is 0.550 e. The second kappa shape index (κ2) is 6.61. The van der Waals surface area contributed by atoms with Gasteiger partial charge >= 0.3 is 0 Å². The summed E-state index contributed by atoms with van der Waals surface area (Å²) in [6.07, 6.45) is 2.78. The van der Waals surface area contributed by atoms with E-state index in [0.717, 1.165) is 18.4 Å². The van der Waals surface area contributed by atoms with Gasteiger partial charge in [-0.1, -0.05) is 18.9 Å². The topological polar surface area (TPSA) is 78.5 Å². The number of hydrogen-bond donors (Lipinski definition) is 1. The van der Waals surface area contributed by atoms with Crippen molar-refractivity contribution in [2.24, 2.45) is 11.8 Å². The number of amides is 1. The summed E-state index contributed by atoms with van der Waals surface area (Å²) in [5, 5.41) is 14.0. The third-order valence-corrected chi connectivity index (χ3v) is 4.02. The van der Waals surface area contributed by atoms with Crippen molar-refractivity contribution in [3.05, 3.63) is 23.8 Å². The van der Waals surface area contributed by atoms with Gasteiger partial charge in [-0.05, 0) is 37.5 Å². The van der Waals surface area contributed by atoms with Crippen LogP contribution in [-0.4, -0.2) is 19.0 Å². The van der Waals surface area contributed by atoms with Gasteiger partial charge in [-0.2, -0.15) is 0 Å². The number of carbonyl (C=O) groups is 2. The Kier molecular flexibility index (Phi) is 4.83.